The Morgan fingerprint density at radius 1 is 0.754 bits per heavy atom. The van der Waals surface area contributed by atoms with E-state index in [2.05, 4.69) is 35.7 Å². The van der Waals surface area contributed by atoms with Gasteiger partial charge in [-0.25, -0.2) is 24.6 Å². The van der Waals surface area contributed by atoms with E-state index >= 15 is 0 Å². The maximum atomic E-state index is 9.85. The Morgan fingerprint density at radius 3 is 1.66 bits per heavy atom. The molecule has 0 bridgehead atoms. The van der Waals surface area contributed by atoms with Gasteiger partial charge in [0, 0.05) is 41.9 Å². The molecule has 9 N–H and O–H groups in total. The number of aromatic amines is 1. The number of methoxy groups -OCH3 is 2. The molecule has 0 fully saturated rings. The van der Waals surface area contributed by atoms with Gasteiger partial charge >= 0.3 is 0 Å². The summed E-state index contributed by atoms with van der Waals surface area (Å²) in [5.74, 6) is 2.50. The lowest BCUT2D eigenvalue weighted by Crippen LogP contribution is -2.04. The number of nitrogens with zero attached hydrogens (tertiary/aromatic N) is 7. The molecular weight excluding hydrogens is 876 g/mol. The van der Waals surface area contributed by atoms with E-state index < -0.39 is 0 Å². The molecular formula is C40H37ClN12O4S4. The van der Waals surface area contributed by atoms with Crippen LogP contribution in [0, 0.1) is 40.4 Å². The third-order valence-electron chi connectivity index (χ3n) is 7.86. The third-order valence-corrected chi connectivity index (χ3v) is 10.9. The Labute approximate surface area is 374 Å². The summed E-state index contributed by atoms with van der Waals surface area (Å²) >= 11 is 14.7. The van der Waals surface area contributed by atoms with E-state index in [-0.39, 0.29) is 33.2 Å². The van der Waals surface area contributed by atoms with Crippen LogP contribution in [0.25, 0.3) is 31.9 Å². The minimum atomic E-state index is 0.0831. The minimum absolute atomic E-state index is 0.0831. The lowest BCUT2D eigenvalue weighted by molar-refractivity contribution is 0.146. The number of hydrogen-bond acceptors (Lipinski definition) is 17. The van der Waals surface area contributed by atoms with Crippen LogP contribution in [0.3, 0.4) is 0 Å². The lowest BCUT2D eigenvalue weighted by Gasteiger charge is -2.13. The zero-order valence-corrected chi connectivity index (χ0v) is 36.6. The highest BCUT2D eigenvalue weighted by molar-refractivity contribution is 7.98. The molecule has 0 aliphatic heterocycles. The molecule has 0 amide bonds. The van der Waals surface area contributed by atoms with Crippen LogP contribution >= 0.6 is 58.3 Å². The monoisotopic (exact) mass is 912 g/mol. The normalized spacial score (nSPS) is 10.1. The average molecular weight is 914 g/mol. The van der Waals surface area contributed by atoms with E-state index in [1.165, 1.54) is 34.4 Å². The molecule has 4 heterocycles. The molecule has 0 aliphatic carbocycles. The summed E-state index contributed by atoms with van der Waals surface area (Å²) < 4.78 is 21.2. The summed E-state index contributed by atoms with van der Waals surface area (Å²) in [5, 5.41) is 24.4. The van der Waals surface area contributed by atoms with Crippen LogP contribution in [0.1, 0.15) is 22.5 Å². The molecule has 0 aliphatic rings. The largest absolute Gasteiger partial charge is 0.491 e. The molecule has 0 atom stereocenters. The smallest absolute Gasteiger partial charge is 0.236 e. The van der Waals surface area contributed by atoms with E-state index in [1.54, 1.807) is 62.8 Å². The van der Waals surface area contributed by atoms with Crippen molar-refractivity contribution in [3.05, 3.63) is 109 Å². The van der Waals surface area contributed by atoms with Crippen molar-refractivity contribution < 1.29 is 18.9 Å². The van der Waals surface area contributed by atoms with E-state index in [1.807, 2.05) is 16.8 Å². The van der Waals surface area contributed by atoms with Crippen molar-refractivity contribution in [2.75, 3.05) is 63.6 Å². The zero-order chi connectivity index (χ0) is 44.3. The van der Waals surface area contributed by atoms with Crippen molar-refractivity contribution in [2.24, 2.45) is 0 Å². The Balaban J connectivity index is 0.000000232. The second-order valence-corrected chi connectivity index (χ2v) is 15.2. The van der Waals surface area contributed by atoms with Gasteiger partial charge in [0.1, 0.15) is 58.2 Å². The number of hydrogen-bond donors (Lipinski definition) is 5. The average Bonchev–Trinajstić information content (AvgIpc) is 3.90. The van der Waals surface area contributed by atoms with Gasteiger partial charge in [0.25, 0.3) is 0 Å². The number of thiazole rings is 2. The van der Waals surface area contributed by atoms with Gasteiger partial charge in [0.05, 0.1) is 54.8 Å². The molecule has 2 aromatic carbocycles. The molecule has 61 heavy (non-hydrogen) atoms. The summed E-state index contributed by atoms with van der Waals surface area (Å²) in [7, 11) is 3.21. The quantitative estimate of drug-likeness (QED) is 0.0225. The second kappa shape index (κ2) is 24.0. The van der Waals surface area contributed by atoms with Crippen LogP contribution < -0.4 is 32.4 Å². The van der Waals surface area contributed by atoms with Gasteiger partial charge < -0.3 is 46.9 Å². The first-order chi connectivity index (χ1) is 29.5. The first kappa shape index (κ1) is 47.2. The maximum Gasteiger partial charge on any atom is 0.236 e. The number of nitriles is 2. The first-order valence-corrected chi connectivity index (χ1v) is 21.2. The number of anilines is 4. The molecule has 0 spiro atoms. The number of nitrogens with two attached hydrogens (primary N) is 4. The maximum absolute atomic E-state index is 9.85. The Kier molecular flexibility index (Phi) is 18.5. The number of nitrogens with one attached hydrogen (secondary N) is 1. The fourth-order valence-electron chi connectivity index (χ4n) is 5.13. The summed E-state index contributed by atoms with van der Waals surface area (Å²) in [5.41, 5.74) is 27.6. The van der Waals surface area contributed by atoms with Crippen molar-refractivity contribution >= 4 is 91.5 Å². The molecule has 0 saturated heterocycles. The number of rotatable bonds is 14. The number of ether oxygens (including phenoxy) is 4. The molecule has 4 aromatic heterocycles. The molecule has 0 saturated carbocycles. The van der Waals surface area contributed by atoms with Crippen molar-refractivity contribution in [1.29, 1.82) is 10.5 Å². The van der Waals surface area contributed by atoms with E-state index in [4.69, 9.17) is 78.8 Å². The van der Waals surface area contributed by atoms with Crippen molar-refractivity contribution in [1.82, 2.24) is 19.9 Å². The van der Waals surface area contributed by atoms with Crippen molar-refractivity contribution in [3.8, 4) is 45.9 Å². The Hall–Kier alpha value is -6.46. The number of alkyl halides is 1. The van der Waals surface area contributed by atoms with Crippen LogP contribution in [0.15, 0.2) is 64.3 Å². The summed E-state index contributed by atoms with van der Waals surface area (Å²) in [6.07, 6.45) is 0. The summed E-state index contributed by atoms with van der Waals surface area (Å²) in [6.45, 7) is 16.7. The minimum Gasteiger partial charge on any atom is -0.491 e. The van der Waals surface area contributed by atoms with Crippen LogP contribution in [-0.2, 0) is 21.1 Å². The van der Waals surface area contributed by atoms with Gasteiger partial charge in [-0.15, -0.1) is 34.3 Å². The predicted molar refractivity (Wildman–Crippen MR) is 244 cm³/mol. The number of H-pyrrole nitrogens is 1. The van der Waals surface area contributed by atoms with Gasteiger partial charge in [-0.3, -0.25) is 0 Å². The zero-order valence-electron chi connectivity index (χ0n) is 32.6. The van der Waals surface area contributed by atoms with Gasteiger partial charge in [0.15, 0.2) is 10.3 Å². The number of nitrogen functional groups attached to an aromatic ring is 4. The number of halogens is 1. The fourth-order valence-corrected chi connectivity index (χ4v) is 7.73. The van der Waals surface area contributed by atoms with Crippen molar-refractivity contribution in [3.63, 3.8) is 0 Å². The number of pyridine rings is 2. The molecule has 0 radical (unpaired) electrons. The molecule has 6 aromatic rings. The Morgan fingerprint density at radius 2 is 1.25 bits per heavy atom. The van der Waals surface area contributed by atoms with Gasteiger partial charge in [-0.2, -0.15) is 10.5 Å². The van der Waals surface area contributed by atoms with E-state index in [9.17, 15) is 10.5 Å². The number of thioether (sulfide) groups is 1. The van der Waals surface area contributed by atoms with Gasteiger partial charge in [0.2, 0.25) is 11.4 Å². The molecule has 6 rings (SSSR count). The standard InChI is InChI=1S/C20H18N6O2S2.C16H14N4O2S.C4H5ClN2S/c1-24-17-16(12-3-5-14(6-4-12)28-8-7-27-2)15(9-21)19(26-18(17)22)29-10-13-11-30-20(23)25-13;1-19-14-13(12(9-17)16(23)20-15(14)18)10-3-5-11(6-4-10)22-8-7-21-2;5-1-3-2-8-4(6)7-3/h3-6,11H,7-8,10H2,2H3,(H2,22,26)(H2,23,25);3-6H,7-8H2,2H3,(H3,18,20,23);2H,1H2,(H2,6,7). The van der Waals surface area contributed by atoms with E-state index in [0.29, 0.717) is 92.7 Å². The second-order valence-electron chi connectivity index (χ2n) is 11.8. The summed E-state index contributed by atoms with van der Waals surface area (Å²) in [4.78, 5) is 22.1. The van der Waals surface area contributed by atoms with E-state index in [0.717, 1.165) is 11.4 Å². The lowest BCUT2D eigenvalue weighted by atomic mass is 10.00. The summed E-state index contributed by atoms with van der Waals surface area (Å²) in [6, 6.07) is 18.4. The first-order valence-electron chi connectivity index (χ1n) is 17.5. The Bertz CT molecular complexity index is 2640. The number of aromatic nitrogens is 4. The van der Waals surface area contributed by atoms with Gasteiger partial charge in [-0.05, 0) is 35.4 Å². The highest BCUT2D eigenvalue weighted by atomic mass is 35.5. The molecule has 312 valence electrons. The SMILES string of the molecule is Nc1nc(CCl)cs1.[C-]#[N+]c1c(N)[nH]c(=S)c(C#N)c1-c1ccc(OCCOC)cc1.[C-]#[N+]c1c(N)nc(SCc2csc(N)n2)c(C#N)c1-c1ccc(OCCOC)cc1. The fraction of sp³-hybridized carbons (Fsp3) is 0.200. The molecule has 0 unspecified atom stereocenters. The van der Waals surface area contributed by atoms with Gasteiger partial charge in [-0.1, -0.05) is 48.2 Å². The van der Waals surface area contributed by atoms with Crippen LogP contribution in [0.4, 0.5) is 33.3 Å². The predicted octanol–water partition coefficient (Wildman–Crippen LogP) is 9.01. The van der Waals surface area contributed by atoms with Crippen LogP contribution in [-0.4, -0.2) is 60.6 Å². The number of benzene rings is 2. The molecule has 21 heteroatoms. The highest BCUT2D eigenvalue weighted by Gasteiger charge is 2.21. The third kappa shape index (κ3) is 13.0. The van der Waals surface area contributed by atoms with Crippen LogP contribution in [0.5, 0.6) is 11.5 Å². The molecule has 16 nitrogen and oxygen atoms in total. The highest BCUT2D eigenvalue weighted by Crippen LogP contribution is 2.42. The van der Waals surface area contributed by atoms with Crippen molar-refractivity contribution in [2.45, 2.75) is 16.7 Å². The topological polar surface area (TPSA) is 252 Å². The van der Waals surface area contributed by atoms with Crippen LogP contribution in [0.2, 0.25) is 0 Å².